The number of aliphatic hydroxyl groups excluding tert-OH is 3. The highest BCUT2D eigenvalue weighted by molar-refractivity contribution is 5.99. The van der Waals surface area contributed by atoms with Crippen LogP contribution in [0.2, 0.25) is 0 Å². The molecule has 28 heteroatoms. The first-order valence-electron chi connectivity index (χ1n) is 24.8. The fraction of sp³-hybridized carbons (Fsp3) is 0.583. The van der Waals surface area contributed by atoms with Gasteiger partial charge in [0.15, 0.2) is 5.76 Å². The summed E-state index contributed by atoms with van der Waals surface area (Å²) in [6.45, 7) is 3.38. The van der Waals surface area contributed by atoms with Gasteiger partial charge in [-0.15, -0.1) is 0 Å². The maximum Gasteiger partial charge on any atom is 0.287 e. The smallest absolute Gasteiger partial charge is 0.287 e. The number of rotatable bonds is 20. The molecule has 1 fully saturated rings. The summed E-state index contributed by atoms with van der Waals surface area (Å²) in [6, 6.07) is -3.51. The average Bonchev–Trinajstić information content (AvgIpc) is 3.82. The highest BCUT2D eigenvalue weighted by atomic mass is 19.1. The van der Waals surface area contributed by atoms with Crippen molar-refractivity contribution in [2.24, 2.45) is 23.1 Å². The number of aldehydes is 1. The van der Waals surface area contributed by atoms with Crippen molar-refractivity contribution in [3.05, 3.63) is 59.8 Å². The van der Waals surface area contributed by atoms with Crippen LogP contribution < -0.4 is 70.4 Å². The van der Waals surface area contributed by atoms with E-state index in [-0.39, 0.29) is 57.7 Å². The molecule has 2 heterocycles. The summed E-state index contributed by atoms with van der Waals surface area (Å²) in [5, 5.41) is 56.3. The van der Waals surface area contributed by atoms with E-state index in [0.717, 1.165) is 19.1 Å². The SMILES string of the molecule is CC(C)C[C@@H]1NC(=O)[C@@H](Cc2ccccc2)NC(=O)[C@H](CCN)NC(=O)[C@@H](NC(=O)[C@@H](CO)NC(=O)[C@@H](NC(=O)c2ccc(F)o2)[C@@H](C)O)CCNC(=O)[C@H]([C@@H](C)O)NC(=O)[C@H](CCN)NC[C@](C=O)(CCN)NC1=O. The monoisotopic (exact) mass is 1080 g/mol. The van der Waals surface area contributed by atoms with Gasteiger partial charge in [0.05, 0.1) is 24.9 Å². The fourth-order valence-corrected chi connectivity index (χ4v) is 7.89. The molecule has 0 bridgehead atoms. The number of hydrogen-bond donors (Lipinski definition) is 16. The lowest BCUT2D eigenvalue weighted by atomic mass is 9.94. The largest absolute Gasteiger partial charge is 0.426 e. The number of carbonyl (C=O) groups is 10. The number of nitrogens with two attached hydrogens (primary N) is 3. The van der Waals surface area contributed by atoms with Crippen LogP contribution >= 0.6 is 0 Å². The lowest BCUT2D eigenvalue weighted by Gasteiger charge is -2.34. The summed E-state index contributed by atoms with van der Waals surface area (Å²) in [6.07, 6.45) is -3.87. The Morgan fingerprint density at radius 3 is 1.96 bits per heavy atom. The van der Waals surface area contributed by atoms with E-state index in [4.69, 9.17) is 17.2 Å². The van der Waals surface area contributed by atoms with Gasteiger partial charge in [0.2, 0.25) is 47.3 Å². The quantitative estimate of drug-likeness (QED) is 0.0549. The second-order valence-electron chi connectivity index (χ2n) is 18.8. The Kier molecular flexibility index (Phi) is 26.0. The predicted octanol–water partition coefficient (Wildman–Crippen LogP) is -5.95. The lowest BCUT2D eigenvalue weighted by Crippen LogP contribution is -2.64. The molecule has 11 atom stereocenters. The van der Waals surface area contributed by atoms with Crippen molar-refractivity contribution in [2.75, 3.05) is 39.3 Å². The van der Waals surface area contributed by atoms with Crippen LogP contribution in [0.4, 0.5) is 4.39 Å². The van der Waals surface area contributed by atoms with Crippen LogP contribution in [0.5, 0.6) is 0 Å². The summed E-state index contributed by atoms with van der Waals surface area (Å²) in [5.41, 5.74) is 16.5. The minimum atomic E-state index is -1.90. The summed E-state index contributed by atoms with van der Waals surface area (Å²) in [5.74, 6) is -9.94. The van der Waals surface area contributed by atoms with Crippen molar-refractivity contribution >= 4 is 59.5 Å². The normalized spacial score (nSPS) is 24.4. The molecule has 76 heavy (non-hydrogen) atoms. The Morgan fingerprint density at radius 1 is 0.776 bits per heavy atom. The van der Waals surface area contributed by atoms with Crippen LogP contribution in [-0.4, -0.2) is 180 Å². The maximum absolute atomic E-state index is 14.4. The number of carbonyl (C=O) groups excluding carboxylic acids is 10. The van der Waals surface area contributed by atoms with Gasteiger partial charge in [-0.2, -0.15) is 4.39 Å². The molecule has 0 unspecified atom stereocenters. The van der Waals surface area contributed by atoms with Gasteiger partial charge in [-0.1, -0.05) is 44.2 Å². The maximum atomic E-state index is 14.4. The summed E-state index contributed by atoms with van der Waals surface area (Å²) < 4.78 is 18.1. The summed E-state index contributed by atoms with van der Waals surface area (Å²) >= 11 is 0. The van der Waals surface area contributed by atoms with E-state index in [9.17, 15) is 67.7 Å². The van der Waals surface area contributed by atoms with E-state index in [0.29, 0.717) is 11.8 Å². The van der Waals surface area contributed by atoms with Crippen LogP contribution in [0.1, 0.15) is 75.9 Å². The third-order valence-electron chi connectivity index (χ3n) is 12.1. The van der Waals surface area contributed by atoms with Crippen LogP contribution in [0, 0.1) is 11.9 Å². The topological polar surface area (TPSA) is 443 Å². The third-order valence-corrected chi connectivity index (χ3v) is 12.1. The second-order valence-corrected chi connectivity index (χ2v) is 18.8. The second kappa shape index (κ2) is 31.2. The average molecular weight is 1080 g/mol. The first-order chi connectivity index (χ1) is 36.0. The Hall–Kier alpha value is -6.95. The molecule has 0 radical (unpaired) electrons. The minimum Gasteiger partial charge on any atom is -0.426 e. The molecular formula is C48H74FN13O14. The predicted molar refractivity (Wildman–Crippen MR) is 269 cm³/mol. The standard InChI is InChI=1S/C48H74FN13O14/c1-25(2)20-32-44(72)62-48(24-64,15-18-52)23-54-29(12-16-50)39(67)60-37(26(3)65)46(74)53-19-14-31(41(69)55-30(13-17-51)40(68)58-33(42(70)57-32)21-28-8-6-5-7-9-28)56-43(71)34(22-63)59-47(75)38(27(4)66)61-45(73)35-10-11-36(49)76-35/h5-11,24-27,29-34,37-38,54,63,65-66H,12-23,50-52H2,1-4H3,(H,53,74)(H,55,69)(H,56,71)(H,57,70)(H,58,68)(H,59,75)(H,60,67)(H,61,73)(H,62,72)/t26-,27-,29+,30+,31+,32+,33-,34-,37+,38+,48+/m1/s1. The Morgan fingerprint density at radius 2 is 1.39 bits per heavy atom. The molecule has 9 amide bonds. The fourth-order valence-electron chi connectivity index (χ4n) is 7.89. The molecule has 1 aromatic carbocycles. The van der Waals surface area contributed by atoms with Crippen LogP contribution in [0.25, 0.3) is 0 Å². The van der Waals surface area contributed by atoms with Crippen molar-refractivity contribution in [3.63, 3.8) is 0 Å². The van der Waals surface area contributed by atoms with E-state index in [1.807, 2.05) is 0 Å². The van der Waals surface area contributed by atoms with Gasteiger partial charge in [-0.25, -0.2) is 0 Å². The number of furan rings is 1. The Bertz CT molecular complexity index is 2290. The first kappa shape index (κ1) is 63.3. The van der Waals surface area contributed by atoms with E-state index in [2.05, 4.69) is 57.6 Å². The number of halogens is 1. The van der Waals surface area contributed by atoms with Gasteiger partial charge in [0, 0.05) is 25.6 Å². The van der Waals surface area contributed by atoms with Gasteiger partial charge < -0.3 is 94.9 Å². The van der Waals surface area contributed by atoms with Gasteiger partial charge in [0.25, 0.3) is 11.9 Å². The zero-order valence-electron chi connectivity index (χ0n) is 42.9. The number of aliphatic hydroxyl groups is 3. The van der Waals surface area contributed by atoms with Crippen LogP contribution in [0.15, 0.2) is 46.9 Å². The molecule has 1 aromatic heterocycles. The Labute approximate surface area is 438 Å². The lowest BCUT2D eigenvalue weighted by molar-refractivity contribution is -0.136. The number of amides is 9. The molecule has 3 rings (SSSR count). The molecule has 27 nitrogen and oxygen atoms in total. The molecule has 2 aromatic rings. The third kappa shape index (κ3) is 19.6. The molecular weight excluding hydrogens is 1000 g/mol. The zero-order chi connectivity index (χ0) is 56.7. The van der Waals surface area contributed by atoms with E-state index in [1.165, 1.54) is 6.92 Å². The van der Waals surface area contributed by atoms with Crippen molar-refractivity contribution in [1.82, 2.24) is 53.2 Å². The van der Waals surface area contributed by atoms with Crippen molar-refractivity contribution < 1.29 is 72.1 Å². The van der Waals surface area contributed by atoms with Crippen LogP contribution in [0.3, 0.4) is 0 Å². The number of hydrogen-bond acceptors (Lipinski definition) is 18. The number of benzene rings is 1. The first-order valence-corrected chi connectivity index (χ1v) is 24.8. The molecule has 1 saturated heterocycles. The number of nitrogens with one attached hydrogen (secondary N) is 10. The van der Waals surface area contributed by atoms with Gasteiger partial charge in [0.1, 0.15) is 54.1 Å². The molecule has 0 saturated carbocycles. The van der Waals surface area contributed by atoms with Gasteiger partial charge in [-0.05, 0) is 83.1 Å². The molecule has 1 aliphatic rings. The highest BCUT2D eigenvalue weighted by Crippen LogP contribution is 2.14. The van der Waals surface area contributed by atoms with Crippen molar-refractivity contribution in [3.8, 4) is 0 Å². The minimum absolute atomic E-state index is 0.0289. The molecule has 422 valence electrons. The van der Waals surface area contributed by atoms with E-state index in [1.54, 1.807) is 44.2 Å². The van der Waals surface area contributed by atoms with Gasteiger partial charge in [-0.3, -0.25) is 43.2 Å². The van der Waals surface area contributed by atoms with Crippen molar-refractivity contribution in [2.45, 2.75) is 132 Å². The Balaban J connectivity index is 2.11. The van der Waals surface area contributed by atoms with E-state index >= 15 is 0 Å². The highest BCUT2D eigenvalue weighted by Gasteiger charge is 2.39. The summed E-state index contributed by atoms with van der Waals surface area (Å²) in [4.78, 5) is 137. The van der Waals surface area contributed by atoms with Crippen molar-refractivity contribution in [1.29, 1.82) is 0 Å². The molecule has 1 aliphatic heterocycles. The summed E-state index contributed by atoms with van der Waals surface area (Å²) in [7, 11) is 0. The zero-order valence-corrected chi connectivity index (χ0v) is 42.9. The van der Waals surface area contributed by atoms with Crippen LogP contribution in [-0.2, 0) is 49.6 Å². The molecule has 0 aliphatic carbocycles. The van der Waals surface area contributed by atoms with Gasteiger partial charge >= 0.3 is 0 Å². The molecule has 0 spiro atoms. The molecule has 19 N–H and O–H groups in total. The van der Waals surface area contributed by atoms with E-state index < -0.39 is 157 Å².